The van der Waals surface area contributed by atoms with Crippen molar-refractivity contribution in [2.24, 2.45) is 0 Å². The molecule has 1 aliphatic rings. The summed E-state index contributed by atoms with van der Waals surface area (Å²) in [7, 11) is 0. The molecule has 0 amide bonds. The Kier molecular flexibility index (Phi) is 3.80. The summed E-state index contributed by atoms with van der Waals surface area (Å²) in [6.45, 7) is 0. The van der Waals surface area contributed by atoms with Crippen molar-refractivity contribution in [3.63, 3.8) is 0 Å². The third-order valence-electron chi connectivity index (χ3n) is 3.88. The topological polar surface area (TPSA) is 66.0 Å². The van der Waals surface area contributed by atoms with Crippen LogP contribution in [-0.2, 0) is 0 Å². The Morgan fingerprint density at radius 3 is 2.67 bits per heavy atom. The first-order valence-corrected chi connectivity index (χ1v) is 7.64. The van der Waals surface area contributed by atoms with E-state index in [1.807, 2.05) is 0 Å². The number of halogens is 2. The van der Waals surface area contributed by atoms with Crippen LogP contribution in [0.1, 0.15) is 37.2 Å². The van der Waals surface area contributed by atoms with Gasteiger partial charge in [0.1, 0.15) is 11.6 Å². The zero-order chi connectivity index (χ0) is 15.0. The van der Waals surface area contributed by atoms with Crippen molar-refractivity contribution in [3.8, 4) is 17.3 Å². The van der Waals surface area contributed by atoms with Gasteiger partial charge in [-0.2, -0.15) is 4.98 Å². The molecule has 110 valence electrons. The van der Waals surface area contributed by atoms with Gasteiger partial charge < -0.3 is 10.1 Å². The van der Waals surface area contributed by atoms with Crippen LogP contribution in [0.3, 0.4) is 0 Å². The quantitative estimate of drug-likeness (QED) is 0.865. The molecule has 1 heterocycles. The van der Waals surface area contributed by atoms with Crippen LogP contribution in [0.5, 0.6) is 5.88 Å². The fourth-order valence-electron chi connectivity index (χ4n) is 2.86. The molecule has 0 bridgehead atoms. The first-order chi connectivity index (χ1) is 10.1. The van der Waals surface area contributed by atoms with Crippen LogP contribution < -0.4 is 5.56 Å². The Labute approximate surface area is 129 Å². The third-order valence-corrected chi connectivity index (χ3v) is 4.54. The lowest BCUT2D eigenvalue weighted by Crippen LogP contribution is -2.17. The summed E-state index contributed by atoms with van der Waals surface area (Å²) in [6, 6.07) is 4.08. The van der Waals surface area contributed by atoms with Crippen LogP contribution >= 0.6 is 15.9 Å². The molecular weight excluding hydrogens is 339 g/mol. The van der Waals surface area contributed by atoms with Gasteiger partial charge in [0.15, 0.2) is 0 Å². The molecule has 1 saturated carbocycles. The van der Waals surface area contributed by atoms with E-state index in [1.165, 1.54) is 18.2 Å². The average molecular weight is 353 g/mol. The molecule has 0 atom stereocenters. The number of rotatable bonds is 2. The molecule has 1 aromatic carbocycles. The number of nitrogens with zero attached hydrogens (tertiary/aromatic N) is 1. The molecule has 1 fully saturated rings. The highest BCUT2D eigenvalue weighted by Gasteiger charge is 2.25. The molecule has 2 N–H and O–H groups in total. The molecule has 0 unspecified atom stereocenters. The normalized spacial score (nSPS) is 15.5. The average Bonchev–Trinajstić information content (AvgIpc) is 2.91. The maximum atomic E-state index is 13.1. The molecule has 6 heteroatoms. The van der Waals surface area contributed by atoms with Crippen molar-refractivity contribution >= 4 is 15.9 Å². The molecule has 0 spiro atoms. The first kappa shape index (κ1) is 14.3. The Balaban J connectivity index is 2.07. The maximum absolute atomic E-state index is 13.1. The molecular formula is C15H14BrFN2O2. The van der Waals surface area contributed by atoms with Crippen molar-refractivity contribution in [1.29, 1.82) is 0 Å². The van der Waals surface area contributed by atoms with Crippen LogP contribution in [0.2, 0.25) is 0 Å². The number of aromatic hydroxyl groups is 1. The molecule has 0 aliphatic heterocycles. The number of benzene rings is 1. The second kappa shape index (κ2) is 5.60. The van der Waals surface area contributed by atoms with E-state index in [0.717, 1.165) is 25.7 Å². The van der Waals surface area contributed by atoms with E-state index in [-0.39, 0.29) is 29.0 Å². The summed E-state index contributed by atoms with van der Waals surface area (Å²) in [5.41, 5.74) is 0.580. The van der Waals surface area contributed by atoms with Gasteiger partial charge in [0.2, 0.25) is 5.88 Å². The molecule has 4 nitrogen and oxygen atoms in total. The van der Waals surface area contributed by atoms with Crippen LogP contribution in [0.4, 0.5) is 4.39 Å². The van der Waals surface area contributed by atoms with Crippen molar-refractivity contribution in [3.05, 3.63) is 44.4 Å². The summed E-state index contributed by atoms with van der Waals surface area (Å²) >= 11 is 3.23. The number of aromatic amines is 1. The largest absolute Gasteiger partial charge is 0.493 e. The minimum Gasteiger partial charge on any atom is -0.493 e. The second-order valence-electron chi connectivity index (χ2n) is 5.26. The Morgan fingerprint density at radius 1 is 1.33 bits per heavy atom. The van der Waals surface area contributed by atoms with Crippen molar-refractivity contribution in [2.75, 3.05) is 0 Å². The molecule has 1 aliphatic carbocycles. The van der Waals surface area contributed by atoms with E-state index in [0.29, 0.717) is 15.6 Å². The van der Waals surface area contributed by atoms with Crippen molar-refractivity contribution < 1.29 is 9.50 Å². The van der Waals surface area contributed by atoms with Gasteiger partial charge in [0.05, 0.1) is 5.56 Å². The zero-order valence-electron chi connectivity index (χ0n) is 11.2. The van der Waals surface area contributed by atoms with E-state index in [2.05, 4.69) is 25.9 Å². The maximum Gasteiger partial charge on any atom is 0.258 e. The van der Waals surface area contributed by atoms with E-state index in [1.54, 1.807) is 0 Å². The predicted octanol–water partition coefficient (Wildman–Crippen LogP) is 3.70. The Bertz CT molecular complexity index is 739. The van der Waals surface area contributed by atoms with E-state index < -0.39 is 0 Å². The highest BCUT2D eigenvalue weighted by molar-refractivity contribution is 9.10. The summed E-state index contributed by atoms with van der Waals surface area (Å²) in [4.78, 5) is 19.0. The molecule has 0 saturated heterocycles. The van der Waals surface area contributed by atoms with Gasteiger partial charge in [-0.3, -0.25) is 4.79 Å². The lowest BCUT2D eigenvalue weighted by molar-refractivity contribution is 0.436. The molecule has 1 aromatic heterocycles. The molecule has 3 rings (SSSR count). The van der Waals surface area contributed by atoms with Crippen LogP contribution in [0.15, 0.2) is 27.5 Å². The SMILES string of the molecule is O=c1[nH]c(-c2ccc(F)cc2Br)nc(O)c1C1CCCC1. The van der Waals surface area contributed by atoms with Crippen LogP contribution in [0.25, 0.3) is 11.4 Å². The van der Waals surface area contributed by atoms with Gasteiger partial charge in [0.25, 0.3) is 5.56 Å². The third kappa shape index (κ3) is 2.72. The second-order valence-corrected chi connectivity index (χ2v) is 6.11. The Hall–Kier alpha value is -1.69. The standard InChI is InChI=1S/C15H14BrFN2O2/c16-11-7-9(17)5-6-10(11)13-18-14(20)12(15(21)19-13)8-3-1-2-4-8/h5-8H,1-4H2,(H2,18,19,20,21). The Morgan fingerprint density at radius 2 is 2.05 bits per heavy atom. The fraction of sp³-hybridized carbons (Fsp3) is 0.333. The van der Waals surface area contributed by atoms with Gasteiger partial charge >= 0.3 is 0 Å². The van der Waals surface area contributed by atoms with Crippen molar-refractivity contribution in [1.82, 2.24) is 9.97 Å². The number of hydrogen-bond donors (Lipinski definition) is 2. The number of hydrogen-bond acceptors (Lipinski definition) is 3. The molecule has 21 heavy (non-hydrogen) atoms. The number of aromatic nitrogens is 2. The van der Waals surface area contributed by atoms with E-state index >= 15 is 0 Å². The van der Waals surface area contributed by atoms with Crippen LogP contribution in [-0.4, -0.2) is 15.1 Å². The number of nitrogens with one attached hydrogen (secondary N) is 1. The first-order valence-electron chi connectivity index (χ1n) is 6.85. The highest BCUT2D eigenvalue weighted by atomic mass is 79.9. The number of H-pyrrole nitrogens is 1. The minimum atomic E-state index is -0.389. The van der Waals surface area contributed by atoms with Gasteiger partial charge in [-0.05, 0) is 52.9 Å². The predicted molar refractivity (Wildman–Crippen MR) is 80.8 cm³/mol. The summed E-state index contributed by atoms with van der Waals surface area (Å²) < 4.78 is 13.6. The minimum absolute atomic E-state index is 0.0759. The van der Waals surface area contributed by atoms with Gasteiger partial charge in [-0.1, -0.05) is 12.8 Å². The summed E-state index contributed by atoms with van der Waals surface area (Å²) in [5, 5.41) is 10.1. The fourth-order valence-corrected chi connectivity index (χ4v) is 3.40. The van der Waals surface area contributed by atoms with Gasteiger partial charge in [0, 0.05) is 10.0 Å². The van der Waals surface area contributed by atoms with E-state index in [4.69, 9.17) is 0 Å². The zero-order valence-corrected chi connectivity index (χ0v) is 12.8. The van der Waals surface area contributed by atoms with Gasteiger partial charge in [-0.25, -0.2) is 4.39 Å². The molecule has 2 aromatic rings. The van der Waals surface area contributed by atoms with Crippen molar-refractivity contribution in [2.45, 2.75) is 31.6 Å². The monoisotopic (exact) mass is 352 g/mol. The lowest BCUT2D eigenvalue weighted by atomic mass is 10.00. The van der Waals surface area contributed by atoms with Crippen LogP contribution in [0, 0.1) is 5.82 Å². The summed E-state index contributed by atoms with van der Waals surface area (Å²) in [6.07, 6.45) is 3.93. The highest BCUT2D eigenvalue weighted by Crippen LogP contribution is 2.36. The molecule has 0 radical (unpaired) electrons. The van der Waals surface area contributed by atoms with E-state index in [9.17, 15) is 14.3 Å². The smallest absolute Gasteiger partial charge is 0.258 e. The lowest BCUT2D eigenvalue weighted by Gasteiger charge is -2.11. The van der Waals surface area contributed by atoms with Gasteiger partial charge in [-0.15, -0.1) is 0 Å². The summed E-state index contributed by atoms with van der Waals surface area (Å²) in [5.74, 6) is -0.310.